The van der Waals surface area contributed by atoms with Gasteiger partial charge in [-0.1, -0.05) is 17.7 Å². The number of nitrogens with zero attached hydrogens (tertiary/aromatic N) is 1. The molecule has 2 aliphatic rings. The first-order chi connectivity index (χ1) is 13.2. The second kappa shape index (κ2) is 11.0. The van der Waals surface area contributed by atoms with Crippen LogP contribution in [0.25, 0.3) is 0 Å². The van der Waals surface area contributed by atoms with Gasteiger partial charge in [-0.3, -0.25) is 9.78 Å². The standard InChI is InChI=1S/C21H24ClN3O2.2ClH/c22-19-12-17(6-7-20(19)27-13-18-3-1-2-8-23-18)25-21(26)11-14-9-15-4-5-16(10-14)24-15;;/h1-3,6-8,12,14-16,24H,4-5,9-11,13H2,(H,25,26);2*1H. The smallest absolute Gasteiger partial charge is 0.224 e. The first-order valence-electron chi connectivity index (χ1n) is 9.54. The van der Waals surface area contributed by atoms with Gasteiger partial charge >= 0.3 is 0 Å². The number of amides is 1. The number of rotatable bonds is 6. The van der Waals surface area contributed by atoms with Gasteiger partial charge in [0.05, 0.1) is 10.7 Å². The van der Waals surface area contributed by atoms with Crippen molar-refractivity contribution in [2.45, 2.75) is 50.8 Å². The van der Waals surface area contributed by atoms with Gasteiger partial charge in [-0.15, -0.1) is 24.8 Å². The van der Waals surface area contributed by atoms with Gasteiger partial charge in [0.15, 0.2) is 0 Å². The lowest BCUT2D eigenvalue weighted by molar-refractivity contribution is -0.117. The average molecular weight is 459 g/mol. The number of anilines is 1. The van der Waals surface area contributed by atoms with Crippen LogP contribution in [0.4, 0.5) is 5.69 Å². The highest BCUT2D eigenvalue weighted by Crippen LogP contribution is 2.33. The van der Waals surface area contributed by atoms with Crippen molar-refractivity contribution in [1.29, 1.82) is 0 Å². The van der Waals surface area contributed by atoms with Crippen LogP contribution in [0.3, 0.4) is 0 Å². The molecule has 2 atom stereocenters. The van der Waals surface area contributed by atoms with Crippen LogP contribution in [0.15, 0.2) is 42.6 Å². The number of pyridine rings is 1. The summed E-state index contributed by atoms with van der Waals surface area (Å²) in [7, 11) is 0. The Kier molecular flexibility index (Phi) is 9.03. The molecule has 2 aromatic rings. The summed E-state index contributed by atoms with van der Waals surface area (Å²) in [6.45, 7) is 0.352. The molecule has 8 heteroatoms. The van der Waals surface area contributed by atoms with Crippen molar-refractivity contribution in [3.8, 4) is 5.75 Å². The normalized spacial score (nSPS) is 22.2. The molecule has 2 aliphatic heterocycles. The van der Waals surface area contributed by atoms with Gasteiger partial charge in [0, 0.05) is 30.4 Å². The summed E-state index contributed by atoms with van der Waals surface area (Å²) < 4.78 is 5.72. The van der Waals surface area contributed by atoms with E-state index in [1.807, 2.05) is 24.3 Å². The predicted molar refractivity (Wildman–Crippen MR) is 120 cm³/mol. The van der Waals surface area contributed by atoms with Crippen LogP contribution in [0.5, 0.6) is 5.75 Å². The molecule has 3 heterocycles. The molecule has 5 nitrogen and oxygen atoms in total. The lowest BCUT2D eigenvalue weighted by Gasteiger charge is -2.28. The minimum atomic E-state index is 0. The number of hydrogen-bond acceptors (Lipinski definition) is 4. The summed E-state index contributed by atoms with van der Waals surface area (Å²) in [6.07, 6.45) is 7.00. The van der Waals surface area contributed by atoms with Crippen molar-refractivity contribution in [3.63, 3.8) is 0 Å². The fourth-order valence-corrected chi connectivity index (χ4v) is 4.38. The summed E-state index contributed by atoms with van der Waals surface area (Å²) >= 11 is 6.31. The van der Waals surface area contributed by atoms with E-state index in [4.69, 9.17) is 16.3 Å². The fraction of sp³-hybridized carbons (Fsp3) is 0.429. The van der Waals surface area contributed by atoms with E-state index in [-0.39, 0.29) is 30.7 Å². The number of piperidine rings is 1. The summed E-state index contributed by atoms with van der Waals surface area (Å²) in [4.78, 5) is 16.6. The van der Waals surface area contributed by atoms with Crippen LogP contribution < -0.4 is 15.4 Å². The van der Waals surface area contributed by atoms with E-state index in [0.717, 1.165) is 18.5 Å². The van der Waals surface area contributed by atoms with Gasteiger partial charge in [-0.25, -0.2) is 0 Å². The SMILES string of the molecule is Cl.Cl.O=C(CC1CC2CCC(C1)N2)Nc1ccc(OCc2ccccn2)c(Cl)c1. The Morgan fingerprint density at radius 2 is 1.93 bits per heavy atom. The van der Waals surface area contributed by atoms with E-state index in [2.05, 4.69) is 15.6 Å². The number of halogens is 3. The molecule has 1 aromatic carbocycles. The molecule has 0 spiro atoms. The van der Waals surface area contributed by atoms with Crippen LogP contribution in [0.1, 0.15) is 37.8 Å². The van der Waals surface area contributed by atoms with E-state index in [1.54, 1.807) is 18.3 Å². The minimum Gasteiger partial charge on any atom is -0.486 e. The highest BCUT2D eigenvalue weighted by atomic mass is 35.5. The lowest BCUT2D eigenvalue weighted by Crippen LogP contribution is -2.39. The van der Waals surface area contributed by atoms with Gasteiger partial charge in [-0.05, 0) is 61.9 Å². The zero-order chi connectivity index (χ0) is 18.6. The molecular formula is C21H26Cl3N3O2. The first kappa shape index (κ1) is 23.7. The van der Waals surface area contributed by atoms with E-state index < -0.39 is 0 Å². The fourth-order valence-electron chi connectivity index (χ4n) is 4.15. The van der Waals surface area contributed by atoms with Crippen LogP contribution in [-0.4, -0.2) is 23.0 Å². The summed E-state index contributed by atoms with van der Waals surface area (Å²) in [5.41, 5.74) is 1.54. The minimum absolute atomic E-state index is 0. The number of carbonyl (C=O) groups is 1. The van der Waals surface area contributed by atoms with Crippen molar-refractivity contribution in [1.82, 2.24) is 10.3 Å². The number of hydrogen-bond donors (Lipinski definition) is 2. The van der Waals surface area contributed by atoms with Crippen LogP contribution in [-0.2, 0) is 11.4 Å². The molecular weight excluding hydrogens is 433 g/mol. The molecule has 0 radical (unpaired) electrons. The maximum absolute atomic E-state index is 12.4. The van der Waals surface area contributed by atoms with Gasteiger partial charge < -0.3 is 15.4 Å². The topological polar surface area (TPSA) is 63.2 Å². The lowest BCUT2D eigenvalue weighted by atomic mass is 9.89. The van der Waals surface area contributed by atoms with E-state index >= 15 is 0 Å². The van der Waals surface area contributed by atoms with Gasteiger partial charge in [0.1, 0.15) is 12.4 Å². The molecule has 2 N–H and O–H groups in total. The summed E-state index contributed by atoms with van der Waals surface area (Å²) in [6, 6.07) is 12.2. The Morgan fingerprint density at radius 3 is 2.59 bits per heavy atom. The molecule has 4 rings (SSSR count). The van der Waals surface area contributed by atoms with Crippen LogP contribution in [0, 0.1) is 5.92 Å². The second-order valence-electron chi connectivity index (χ2n) is 7.48. The number of aromatic nitrogens is 1. The van der Waals surface area contributed by atoms with Crippen molar-refractivity contribution in [3.05, 3.63) is 53.3 Å². The highest BCUT2D eigenvalue weighted by molar-refractivity contribution is 6.32. The largest absolute Gasteiger partial charge is 0.486 e. The Bertz CT molecular complexity index is 795. The molecule has 1 aromatic heterocycles. The number of benzene rings is 1. The molecule has 2 saturated heterocycles. The molecule has 2 bridgehead atoms. The third kappa shape index (κ3) is 6.48. The number of fused-ring (bicyclic) bond motifs is 2. The molecule has 0 aliphatic carbocycles. The summed E-state index contributed by atoms with van der Waals surface area (Å²) in [5, 5.41) is 7.06. The van der Waals surface area contributed by atoms with Gasteiger partial charge in [0.2, 0.25) is 5.91 Å². The van der Waals surface area contributed by atoms with Gasteiger partial charge in [-0.2, -0.15) is 0 Å². The van der Waals surface area contributed by atoms with Crippen molar-refractivity contribution >= 4 is 48.0 Å². The van der Waals surface area contributed by atoms with Crippen LogP contribution >= 0.6 is 36.4 Å². The van der Waals surface area contributed by atoms with Crippen molar-refractivity contribution in [2.75, 3.05) is 5.32 Å². The first-order valence-corrected chi connectivity index (χ1v) is 9.91. The predicted octanol–water partition coefficient (Wildman–Crippen LogP) is 5.02. The Labute approximate surface area is 188 Å². The number of ether oxygens (including phenoxy) is 1. The molecule has 29 heavy (non-hydrogen) atoms. The Morgan fingerprint density at radius 1 is 1.17 bits per heavy atom. The number of carbonyl (C=O) groups excluding carboxylic acids is 1. The van der Waals surface area contributed by atoms with Crippen LogP contribution in [0.2, 0.25) is 5.02 Å². The zero-order valence-corrected chi connectivity index (χ0v) is 18.4. The highest BCUT2D eigenvalue weighted by Gasteiger charge is 2.34. The molecule has 158 valence electrons. The number of nitrogens with one attached hydrogen (secondary N) is 2. The van der Waals surface area contributed by atoms with E-state index in [9.17, 15) is 4.79 Å². The Hall–Kier alpha value is -1.53. The molecule has 2 fully saturated rings. The maximum Gasteiger partial charge on any atom is 0.224 e. The maximum atomic E-state index is 12.4. The van der Waals surface area contributed by atoms with Crippen molar-refractivity contribution < 1.29 is 9.53 Å². The molecule has 1 amide bonds. The molecule has 2 unspecified atom stereocenters. The third-order valence-corrected chi connectivity index (χ3v) is 5.66. The van der Waals surface area contributed by atoms with E-state index in [1.165, 1.54) is 12.8 Å². The zero-order valence-electron chi connectivity index (χ0n) is 16.0. The third-order valence-electron chi connectivity index (χ3n) is 5.36. The van der Waals surface area contributed by atoms with Gasteiger partial charge in [0.25, 0.3) is 0 Å². The second-order valence-corrected chi connectivity index (χ2v) is 7.89. The Balaban J connectivity index is 0.00000150. The van der Waals surface area contributed by atoms with Crippen molar-refractivity contribution in [2.24, 2.45) is 5.92 Å². The summed E-state index contributed by atoms with van der Waals surface area (Å²) in [5.74, 6) is 1.11. The molecule has 0 saturated carbocycles. The quantitative estimate of drug-likeness (QED) is 0.638. The monoisotopic (exact) mass is 457 g/mol. The van der Waals surface area contributed by atoms with E-state index in [0.29, 0.717) is 47.5 Å². The average Bonchev–Trinajstić information content (AvgIpc) is 3.00.